The predicted molar refractivity (Wildman–Crippen MR) is 114 cm³/mol. The molecule has 0 bridgehead atoms. The Balaban J connectivity index is 1.50. The van der Waals surface area contributed by atoms with Gasteiger partial charge in [-0.2, -0.15) is 0 Å². The number of nitrogens with zero attached hydrogens (tertiary/aromatic N) is 3. The number of likely N-dealkylation sites (tertiary alicyclic amines) is 1. The molecular weight excluding hydrogens is 368 g/mol. The zero-order chi connectivity index (χ0) is 19.1. The molecule has 28 heavy (non-hydrogen) atoms. The van der Waals surface area contributed by atoms with Crippen molar-refractivity contribution in [1.29, 1.82) is 0 Å². The van der Waals surface area contributed by atoms with Gasteiger partial charge in [-0.05, 0) is 62.3 Å². The number of rotatable bonds is 4. The predicted octanol–water partition coefficient (Wildman–Crippen LogP) is 2.20. The Morgan fingerprint density at radius 1 is 1.14 bits per heavy atom. The molecule has 2 aliphatic heterocycles. The quantitative estimate of drug-likeness (QED) is 0.825. The fourth-order valence-electron chi connectivity index (χ4n) is 5.30. The lowest BCUT2D eigenvalue weighted by atomic mass is 9.98. The number of anilines is 1. The van der Waals surface area contributed by atoms with Crippen LogP contribution in [0.2, 0.25) is 0 Å². The van der Waals surface area contributed by atoms with Crippen molar-refractivity contribution < 1.29 is 10.0 Å². The number of fused-ring (bicyclic) bond motifs is 3. The van der Waals surface area contributed by atoms with Gasteiger partial charge in [0.05, 0.1) is 18.5 Å². The maximum Gasteiger partial charge on any atom is 0.187 e. The van der Waals surface area contributed by atoms with Crippen molar-refractivity contribution in [1.82, 2.24) is 9.97 Å². The Morgan fingerprint density at radius 2 is 2.00 bits per heavy atom. The first-order valence-electron chi connectivity index (χ1n) is 11.2. The lowest BCUT2D eigenvalue weighted by molar-refractivity contribution is -0.920. The molecule has 152 valence electrons. The molecule has 5 rings (SSSR count). The average Bonchev–Trinajstić information content (AvgIpc) is 3.30. The van der Waals surface area contributed by atoms with E-state index in [0.29, 0.717) is 5.92 Å². The van der Waals surface area contributed by atoms with Crippen LogP contribution in [0.5, 0.6) is 0 Å². The van der Waals surface area contributed by atoms with Crippen LogP contribution in [0.3, 0.4) is 0 Å². The Kier molecular flexibility index (Phi) is 5.28. The molecule has 2 aromatic rings. The van der Waals surface area contributed by atoms with Gasteiger partial charge >= 0.3 is 0 Å². The lowest BCUT2D eigenvalue weighted by Gasteiger charge is -2.33. The van der Waals surface area contributed by atoms with E-state index in [9.17, 15) is 5.11 Å². The molecule has 3 aliphatic rings. The summed E-state index contributed by atoms with van der Waals surface area (Å²) in [5, 5.41) is 11.1. The summed E-state index contributed by atoms with van der Waals surface area (Å²) >= 11 is 1.91. The third kappa shape index (κ3) is 3.55. The monoisotopic (exact) mass is 401 g/mol. The average molecular weight is 402 g/mol. The van der Waals surface area contributed by atoms with Crippen molar-refractivity contribution >= 4 is 27.4 Å². The van der Waals surface area contributed by atoms with Crippen molar-refractivity contribution in [2.24, 2.45) is 11.8 Å². The highest BCUT2D eigenvalue weighted by molar-refractivity contribution is 7.19. The minimum absolute atomic E-state index is 0.287. The number of quaternary nitrogens is 1. The van der Waals surface area contributed by atoms with Crippen LogP contribution in [0.1, 0.15) is 55.3 Å². The fourth-order valence-corrected chi connectivity index (χ4v) is 6.58. The molecule has 4 heterocycles. The molecule has 0 aromatic carbocycles. The summed E-state index contributed by atoms with van der Waals surface area (Å²) in [6.45, 7) is 8.09. The maximum atomic E-state index is 9.72. The zero-order valence-electron chi connectivity index (χ0n) is 17.0. The Bertz CT molecular complexity index is 843. The Morgan fingerprint density at radius 3 is 2.82 bits per heavy atom. The molecule has 2 aromatic heterocycles. The third-order valence-corrected chi connectivity index (χ3v) is 8.24. The number of aliphatic hydroxyl groups excluding tert-OH is 1. The van der Waals surface area contributed by atoms with E-state index in [1.807, 2.05) is 11.3 Å². The van der Waals surface area contributed by atoms with E-state index < -0.39 is 0 Å². The van der Waals surface area contributed by atoms with Crippen molar-refractivity contribution in [3.63, 3.8) is 0 Å². The molecule has 1 aliphatic carbocycles. The highest BCUT2D eigenvalue weighted by Gasteiger charge is 2.29. The van der Waals surface area contributed by atoms with Crippen LogP contribution in [0, 0.1) is 11.8 Å². The lowest BCUT2D eigenvalue weighted by Crippen LogP contribution is -3.11. The van der Waals surface area contributed by atoms with E-state index >= 15 is 0 Å². The molecule has 0 saturated carbocycles. The van der Waals surface area contributed by atoms with Crippen LogP contribution in [0.15, 0.2) is 0 Å². The van der Waals surface area contributed by atoms with Gasteiger partial charge in [0, 0.05) is 24.6 Å². The van der Waals surface area contributed by atoms with Crippen LogP contribution >= 0.6 is 11.3 Å². The van der Waals surface area contributed by atoms with Gasteiger partial charge in [-0.15, -0.1) is 11.3 Å². The van der Waals surface area contributed by atoms with E-state index in [-0.39, 0.29) is 6.61 Å². The van der Waals surface area contributed by atoms with E-state index in [2.05, 4.69) is 11.8 Å². The summed E-state index contributed by atoms with van der Waals surface area (Å²) in [6, 6.07) is 0. The molecule has 0 amide bonds. The summed E-state index contributed by atoms with van der Waals surface area (Å²) in [5.74, 6) is 3.44. The van der Waals surface area contributed by atoms with Crippen LogP contribution < -0.4 is 9.80 Å². The van der Waals surface area contributed by atoms with E-state index in [0.717, 1.165) is 44.2 Å². The number of aryl methyl sites for hydroxylation is 2. The minimum Gasteiger partial charge on any atom is -0.396 e. The van der Waals surface area contributed by atoms with Crippen molar-refractivity contribution in [3.8, 4) is 0 Å². The van der Waals surface area contributed by atoms with Crippen LogP contribution in [0.4, 0.5) is 5.82 Å². The van der Waals surface area contributed by atoms with E-state index in [1.54, 1.807) is 4.90 Å². The van der Waals surface area contributed by atoms with Gasteiger partial charge in [0.15, 0.2) is 5.82 Å². The highest BCUT2D eigenvalue weighted by Crippen LogP contribution is 2.41. The summed E-state index contributed by atoms with van der Waals surface area (Å²) in [7, 11) is 0. The van der Waals surface area contributed by atoms with Gasteiger partial charge in [0.2, 0.25) is 0 Å². The number of piperidine rings is 2. The third-order valence-electron chi connectivity index (χ3n) is 7.06. The molecule has 0 radical (unpaired) electrons. The molecule has 0 spiro atoms. The molecular formula is C22H33N4OS+. The molecule has 2 N–H and O–H groups in total. The highest BCUT2D eigenvalue weighted by atomic mass is 32.1. The number of thiophene rings is 1. The second-order valence-electron chi connectivity index (χ2n) is 9.25. The molecule has 2 saturated heterocycles. The maximum absolute atomic E-state index is 9.72. The Hall–Kier alpha value is -1.24. The summed E-state index contributed by atoms with van der Waals surface area (Å²) in [4.78, 5) is 17.1. The van der Waals surface area contributed by atoms with Gasteiger partial charge in [-0.1, -0.05) is 6.92 Å². The second-order valence-corrected chi connectivity index (χ2v) is 10.3. The number of hydrogen-bond acceptors (Lipinski definition) is 5. The van der Waals surface area contributed by atoms with Gasteiger partial charge in [-0.25, -0.2) is 9.97 Å². The molecule has 5 nitrogen and oxygen atoms in total. The zero-order valence-corrected chi connectivity index (χ0v) is 17.9. The van der Waals surface area contributed by atoms with Crippen molar-refractivity contribution in [3.05, 3.63) is 16.3 Å². The first kappa shape index (κ1) is 18.8. The fraction of sp³-hybridized carbons (Fsp3) is 0.727. The summed E-state index contributed by atoms with van der Waals surface area (Å²) in [5.41, 5.74) is 1.52. The second kappa shape index (κ2) is 7.88. The van der Waals surface area contributed by atoms with Gasteiger partial charge in [0.1, 0.15) is 17.2 Å². The number of nitrogens with one attached hydrogen (secondary N) is 1. The van der Waals surface area contributed by atoms with Gasteiger partial charge < -0.3 is 14.9 Å². The topological polar surface area (TPSA) is 53.7 Å². The van der Waals surface area contributed by atoms with Crippen molar-refractivity contribution in [2.75, 3.05) is 37.7 Å². The standard InChI is InChI=1S/C22H32N4OS/c1-15-7-10-25(11-8-15)13-19-23-21(26-9-3-4-16(12-26)14-27)20-17-5-2-6-18(17)28-22(20)24-19/h15-16,27H,2-14H2,1H3/p+1/t16-/m1/s1. The number of aliphatic hydroxyl groups is 1. The number of hydrogen-bond donors (Lipinski definition) is 2. The van der Waals surface area contributed by atoms with Crippen molar-refractivity contribution in [2.45, 2.75) is 58.4 Å². The molecule has 6 heteroatoms. The Labute approximate surface area is 171 Å². The first-order chi connectivity index (χ1) is 13.7. The molecule has 2 fully saturated rings. The summed E-state index contributed by atoms with van der Waals surface area (Å²) < 4.78 is 0. The van der Waals surface area contributed by atoms with E-state index in [4.69, 9.17) is 9.97 Å². The van der Waals surface area contributed by atoms with Crippen LogP contribution in [-0.4, -0.2) is 47.9 Å². The normalized spacial score (nSPS) is 28.1. The van der Waals surface area contributed by atoms with Crippen LogP contribution in [0.25, 0.3) is 10.2 Å². The molecule has 1 atom stereocenters. The SMILES string of the molecule is CC1CC[NH+](Cc2nc(N3CCC[C@@H](CO)C3)c3c4c(sc3n2)CCC4)CC1. The number of aromatic nitrogens is 2. The molecule has 0 unspecified atom stereocenters. The van der Waals surface area contributed by atoms with Gasteiger partial charge in [-0.3, -0.25) is 0 Å². The smallest absolute Gasteiger partial charge is 0.187 e. The van der Waals surface area contributed by atoms with Gasteiger partial charge in [0.25, 0.3) is 0 Å². The largest absolute Gasteiger partial charge is 0.396 e. The van der Waals surface area contributed by atoms with E-state index in [1.165, 1.54) is 71.7 Å². The summed E-state index contributed by atoms with van der Waals surface area (Å²) in [6.07, 6.45) is 8.58. The van der Waals surface area contributed by atoms with Crippen LogP contribution in [-0.2, 0) is 19.4 Å². The minimum atomic E-state index is 0.287. The first-order valence-corrected chi connectivity index (χ1v) is 12.0.